The second-order valence-corrected chi connectivity index (χ2v) is 3.48. The molecule has 13 heavy (non-hydrogen) atoms. The maximum atomic E-state index is 5.87. The number of nitrogens with two attached hydrogens (primary N) is 1. The predicted octanol–water partition coefficient (Wildman–Crippen LogP) is -0.119. The summed E-state index contributed by atoms with van der Waals surface area (Å²) in [6.07, 6.45) is 7.91. The zero-order valence-corrected chi connectivity index (χ0v) is 7.69. The Kier molecular flexibility index (Phi) is 2.61. The summed E-state index contributed by atoms with van der Waals surface area (Å²) in [5.74, 6) is 0. The highest BCUT2D eigenvalue weighted by Gasteiger charge is 2.22. The SMILES string of the molecule is NC1N=CC=CN1C1CCNCC1. The van der Waals surface area contributed by atoms with Gasteiger partial charge in [-0.15, -0.1) is 0 Å². The fourth-order valence-corrected chi connectivity index (χ4v) is 1.88. The number of allylic oxidation sites excluding steroid dienone is 1. The molecule has 3 N–H and O–H groups in total. The second kappa shape index (κ2) is 3.89. The molecule has 2 rings (SSSR count). The van der Waals surface area contributed by atoms with E-state index in [2.05, 4.69) is 15.2 Å². The molecule has 0 saturated carbocycles. The van der Waals surface area contributed by atoms with Gasteiger partial charge in [-0.3, -0.25) is 10.7 Å². The molecule has 0 bridgehead atoms. The first-order chi connectivity index (χ1) is 6.38. The molecule has 0 aromatic carbocycles. The van der Waals surface area contributed by atoms with Crippen molar-refractivity contribution >= 4 is 6.21 Å². The lowest BCUT2D eigenvalue weighted by Crippen LogP contribution is -2.48. The first-order valence-electron chi connectivity index (χ1n) is 4.81. The number of piperidine rings is 1. The Hall–Kier alpha value is -0.870. The van der Waals surface area contributed by atoms with Crippen LogP contribution >= 0.6 is 0 Å². The molecule has 0 aromatic rings. The van der Waals surface area contributed by atoms with E-state index in [1.807, 2.05) is 12.3 Å². The van der Waals surface area contributed by atoms with E-state index in [1.165, 1.54) is 0 Å². The van der Waals surface area contributed by atoms with Crippen LogP contribution in [-0.2, 0) is 0 Å². The smallest absolute Gasteiger partial charge is 0.173 e. The van der Waals surface area contributed by atoms with Crippen molar-refractivity contribution in [2.45, 2.75) is 25.2 Å². The monoisotopic (exact) mass is 180 g/mol. The summed E-state index contributed by atoms with van der Waals surface area (Å²) in [7, 11) is 0. The van der Waals surface area contributed by atoms with Gasteiger partial charge >= 0.3 is 0 Å². The van der Waals surface area contributed by atoms with Crippen molar-refractivity contribution in [3.05, 3.63) is 12.3 Å². The van der Waals surface area contributed by atoms with Gasteiger partial charge in [0.05, 0.1) is 0 Å². The van der Waals surface area contributed by atoms with E-state index < -0.39 is 0 Å². The molecule has 72 valence electrons. The summed E-state index contributed by atoms with van der Waals surface area (Å²) >= 11 is 0. The normalized spacial score (nSPS) is 29.6. The maximum Gasteiger partial charge on any atom is 0.173 e. The van der Waals surface area contributed by atoms with Crippen molar-refractivity contribution < 1.29 is 0 Å². The lowest BCUT2D eigenvalue weighted by molar-refractivity contribution is 0.175. The van der Waals surface area contributed by atoms with Crippen LogP contribution in [0, 0.1) is 0 Å². The summed E-state index contributed by atoms with van der Waals surface area (Å²) in [5.41, 5.74) is 5.87. The van der Waals surface area contributed by atoms with Crippen LogP contribution in [0.1, 0.15) is 12.8 Å². The van der Waals surface area contributed by atoms with Crippen LogP contribution in [0.4, 0.5) is 0 Å². The van der Waals surface area contributed by atoms with Gasteiger partial charge in [0.15, 0.2) is 6.29 Å². The molecule has 0 aliphatic carbocycles. The quantitative estimate of drug-likeness (QED) is 0.591. The standard InChI is InChI=1S/C9H16N4/c10-9-12-4-1-7-13(9)8-2-5-11-6-3-8/h1,4,7-9,11H,2-3,5-6,10H2. The van der Waals surface area contributed by atoms with Crippen molar-refractivity contribution in [3.63, 3.8) is 0 Å². The molecule has 0 radical (unpaired) electrons. The maximum absolute atomic E-state index is 5.87. The third-order valence-corrected chi connectivity index (χ3v) is 2.62. The number of nitrogens with one attached hydrogen (secondary N) is 1. The van der Waals surface area contributed by atoms with Crippen LogP contribution in [0.5, 0.6) is 0 Å². The van der Waals surface area contributed by atoms with Crippen molar-refractivity contribution in [3.8, 4) is 0 Å². The highest BCUT2D eigenvalue weighted by atomic mass is 15.3. The Morgan fingerprint density at radius 2 is 2.15 bits per heavy atom. The lowest BCUT2D eigenvalue weighted by atomic mass is 10.1. The molecule has 0 spiro atoms. The average Bonchev–Trinajstić information content (AvgIpc) is 2.20. The number of hydrogen-bond acceptors (Lipinski definition) is 4. The van der Waals surface area contributed by atoms with Gasteiger partial charge in [0.1, 0.15) is 0 Å². The van der Waals surface area contributed by atoms with E-state index in [0.29, 0.717) is 6.04 Å². The van der Waals surface area contributed by atoms with Crippen LogP contribution in [0.2, 0.25) is 0 Å². The molecular formula is C9H16N4. The Bertz CT molecular complexity index is 218. The molecule has 1 atom stereocenters. The summed E-state index contributed by atoms with van der Waals surface area (Å²) in [6.45, 7) is 2.18. The number of hydrogen-bond donors (Lipinski definition) is 2. The molecule has 0 amide bonds. The van der Waals surface area contributed by atoms with E-state index in [0.717, 1.165) is 25.9 Å². The van der Waals surface area contributed by atoms with Gasteiger partial charge in [-0.2, -0.15) is 0 Å². The minimum Gasteiger partial charge on any atom is -0.341 e. The Balaban J connectivity index is 1.98. The van der Waals surface area contributed by atoms with Crippen molar-refractivity contribution in [2.24, 2.45) is 10.7 Å². The zero-order chi connectivity index (χ0) is 9.10. The second-order valence-electron chi connectivity index (χ2n) is 3.48. The Labute approximate surface area is 78.5 Å². The van der Waals surface area contributed by atoms with Crippen LogP contribution in [-0.4, -0.2) is 36.5 Å². The zero-order valence-electron chi connectivity index (χ0n) is 7.69. The molecule has 2 aliphatic rings. The van der Waals surface area contributed by atoms with E-state index >= 15 is 0 Å². The predicted molar refractivity (Wildman–Crippen MR) is 53.3 cm³/mol. The highest BCUT2D eigenvalue weighted by molar-refractivity contribution is 5.71. The van der Waals surface area contributed by atoms with Crippen molar-refractivity contribution in [1.29, 1.82) is 0 Å². The lowest BCUT2D eigenvalue weighted by Gasteiger charge is -2.37. The van der Waals surface area contributed by atoms with Gasteiger partial charge in [0.2, 0.25) is 0 Å². The first-order valence-corrected chi connectivity index (χ1v) is 4.81. The molecule has 1 fully saturated rings. The minimum absolute atomic E-state index is 0.173. The van der Waals surface area contributed by atoms with E-state index in [4.69, 9.17) is 5.73 Å². The Morgan fingerprint density at radius 3 is 2.85 bits per heavy atom. The summed E-state index contributed by atoms with van der Waals surface area (Å²) in [4.78, 5) is 6.31. The van der Waals surface area contributed by atoms with Crippen LogP contribution in [0.3, 0.4) is 0 Å². The molecule has 1 saturated heterocycles. The van der Waals surface area contributed by atoms with Gasteiger partial charge in [-0.25, -0.2) is 0 Å². The summed E-state index contributed by atoms with van der Waals surface area (Å²) in [5, 5.41) is 3.34. The largest absolute Gasteiger partial charge is 0.341 e. The fourth-order valence-electron chi connectivity index (χ4n) is 1.88. The topological polar surface area (TPSA) is 53.6 Å². The highest BCUT2D eigenvalue weighted by Crippen LogP contribution is 2.15. The molecule has 4 nitrogen and oxygen atoms in total. The molecule has 1 unspecified atom stereocenters. The third kappa shape index (κ3) is 1.89. The van der Waals surface area contributed by atoms with Crippen molar-refractivity contribution in [2.75, 3.05) is 13.1 Å². The summed E-state index contributed by atoms with van der Waals surface area (Å²) in [6, 6.07) is 0.560. The van der Waals surface area contributed by atoms with Crippen LogP contribution < -0.4 is 11.1 Å². The van der Waals surface area contributed by atoms with Crippen LogP contribution in [0.15, 0.2) is 17.3 Å². The first kappa shape index (κ1) is 8.72. The Morgan fingerprint density at radius 1 is 1.38 bits per heavy atom. The molecule has 2 aliphatic heterocycles. The fraction of sp³-hybridized carbons (Fsp3) is 0.667. The van der Waals surface area contributed by atoms with Gasteiger partial charge in [-0.1, -0.05) is 0 Å². The summed E-state index contributed by atoms with van der Waals surface area (Å²) < 4.78 is 0. The van der Waals surface area contributed by atoms with Crippen molar-refractivity contribution in [1.82, 2.24) is 10.2 Å². The minimum atomic E-state index is -0.173. The van der Waals surface area contributed by atoms with E-state index in [1.54, 1.807) is 6.21 Å². The van der Waals surface area contributed by atoms with Gasteiger partial charge in [-0.05, 0) is 32.0 Å². The molecule has 0 aromatic heterocycles. The van der Waals surface area contributed by atoms with E-state index in [9.17, 15) is 0 Å². The molecule has 2 heterocycles. The van der Waals surface area contributed by atoms with Crippen LogP contribution in [0.25, 0.3) is 0 Å². The molecular weight excluding hydrogens is 164 g/mol. The van der Waals surface area contributed by atoms with Gasteiger partial charge in [0.25, 0.3) is 0 Å². The van der Waals surface area contributed by atoms with Gasteiger partial charge < -0.3 is 10.2 Å². The van der Waals surface area contributed by atoms with Gasteiger partial charge in [0, 0.05) is 18.5 Å². The van der Waals surface area contributed by atoms with E-state index in [-0.39, 0.29) is 6.29 Å². The molecule has 4 heteroatoms. The third-order valence-electron chi connectivity index (χ3n) is 2.62. The number of aliphatic imine (C=N–C) groups is 1. The number of nitrogens with zero attached hydrogens (tertiary/aromatic N) is 2. The number of rotatable bonds is 1. The average molecular weight is 180 g/mol.